The third kappa shape index (κ3) is 4.71. The number of carboxylic acid groups (broad SMARTS) is 1. The molecule has 0 aromatic heterocycles. The highest BCUT2D eigenvalue weighted by molar-refractivity contribution is 5.94. The van der Waals surface area contributed by atoms with Gasteiger partial charge in [-0.2, -0.15) is 0 Å². The van der Waals surface area contributed by atoms with E-state index < -0.39 is 23.2 Å². The van der Waals surface area contributed by atoms with E-state index in [2.05, 4.69) is 5.32 Å². The van der Waals surface area contributed by atoms with E-state index in [1.165, 1.54) is 0 Å². The largest absolute Gasteiger partial charge is 0.480 e. The zero-order valence-corrected chi connectivity index (χ0v) is 14.7. The smallest absolute Gasteiger partial charge is 0.408 e. The molecule has 2 amide bonds. The highest BCUT2D eigenvalue weighted by Crippen LogP contribution is 2.25. The number of benzene rings is 1. The fourth-order valence-electron chi connectivity index (χ4n) is 2.75. The molecule has 1 aliphatic heterocycles. The maximum absolute atomic E-state index is 12.5. The number of hydrogen-bond donors (Lipinski definition) is 2. The van der Waals surface area contributed by atoms with Crippen LogP contribution >= 0.6 is 0 Å². The summed E-state index contributed by atoms with van der Waals surface area (Å²) < 4.78 is 5.17. The van der Waals surface area contributed by atoms with Crippen LogP contribution in [0.2, 0.25) is 0 Å². The lowest BCUT2D eigenvalue weighted by Crippen LogP contribution is -2.61. The van der Waals surface area contributed by atoms with Crippen molar-refractivity contribution in [1.82, 2.24) is 10.2 Å². The van der Waals surface area contributed by atoms with Gasteiger partial charge in [-0.15, -0.1) is 0 Å². The summed E-state index contributed by atoms with van der Waals surface area (Å²) >= 11 is 0. The summed E-state index contributed by atoms with van der Waals surface area (Å²) in [5.74, 6) is -1.26. The number of carbonyl (C=O) groups is 3. The van der Waals surface area contributed by atoms with E-state index in [4.69, 9.17) is 4.74 Å². The molecular formula is C18H24N2O5. The first-order valence-electron chi connectivity index (χ1n) is 8.22. The number of amides is 2. The highest BCUT2D eigenvalue weighted by atomic mass is 16.6. The third-order valence-corrected chi connectivity index (χ3v) is 4.07. The number of rotatable bonds is 3. The van der Waals surface area contributed by atoms with Crippen LogP contribution in [0.1, 0.15) is 44.0 Å². The number of ether oxygens (including phenoxy) is 1. The molecule has 0 bridgehead atoms. The fourth-order valence-corrected chi connectivity index (χ4v) is 2.75. The molecular weight excluding hydrogens is 324 g/mol. The summed E-state index contributed by atoms with van der Waals surface area (Å²) in [6, 6.07) is 8.83. The van der Waals surface area contributed by atoms with Gasteiger partial charge in [-0.3, -0.25) is 4.79 Å². The van der Waals surface area contributed by atoms with Crippen molar-refractivity contribution in [2.75, 3.05) is 13.1 Å². The number of alkyl carbamates (subject to hydrolysis) is 1. The van der Waals surface area contributed by atoms with Gasteiger partial charge in [-0.25, -0.2) is 9.59 Å². The number of carboxylic acids is 1. The second kappa shape index (κ2) is 7.13. The Hall–Kier alpha value is -2.57. The van der Waals surface area contributed by atoms with Gasteiger partial charge in [-0.1, -0.05) is 18.2 Å². The van der Waals surface area contributed by atoms with Gasteiger partial charge in [-0.05, 0) is 45.7 Å². The first kappa shape index (κ1) is 18.8. The van der Waals surface area contributed by atoms with Crippen LogP contribution in [0.3, 0.4) is 0 Å². The molecule has 0 aliphatic carbocycles. The molecule has 1 fully saturated rings. The Labute approximate surface area is 147 Å². The van der Waals surface area contributed by atoms with E-state index in [1.54, 1.807) is 49.9 Å². The van der Waals surface area contributed by atoms with Crippen molar-refractivity contribution in [3.63, 3.8) is 0 Å². The van der Waals surface area contributed by atoms with Crippen LogP contribution < -0.4 is 5.32 Å². The minimum atomic E-state index is -1.42. The number of aliphatic carboxylic acids is 1. The van der Waals surface area contributed by atoms with Gasteiger partial charge in [0.15, 0.2) is 0 Å². The van der Waals surface area contributed by atoms with E-state index in [0.717, 1.165) is 0 Å². The first-order valence-corrected chi connectivity index (χ1v) is 8.22. The van der Waals surface area contributed by atoms with Crippen molar-refractivity contribution in [2.45, 2.75) is 44.8 Å². The monoisotopic (exact) mass is 348 g/mol. The molecule has 25 heavy (non-hydrogen) atoms. The van der Waals surface area contributed by atoms with E-state index >= 15 is 0 Å². The summed E-state index contributed by atoms with van der Waals surface area (Å²) in [4.78, 5) is 37.8. The molecule has 0 saturated carbocycles. The molecule has 136 valence electrons. The topological polar surface area (TPSA) is 95.9 Å². The molecule has 0 spiro atoms. The maximum atomic E-state index is 12.5. The molecule has 1 aromatic rings. The van der Waals surface area contributed by atoms with Crippen LogP contribution in [0.15, 0.2) is 30.3 Å². The Balaban J connectivity index is 2.04. The standard InChI is InChI=1S/C18H24N2O5/c1-17(2,3)25-16(24)19-18(15(22)23)9-11-20(12-10-18)14(21)13-7-5-4-6-8-13/h4-8H,9-12H2,1-3H3,(H,19,24)(H,22,23). The van der Waals surface area contributed by atoms with Crippen LogP contribution in [0.4, 0.5) is 4.79 Å². The van der Waals surface area contributed by atoms with Gasteiger partial charge >= 0.3 is 12.1 Å². The zero-order valence-electron chi connectivity index (χ0n) is 14.7. The predicted molar refractivity (Wildman–Crippen MR) is 91.3 cm³/mol. The van der Waals surface area contributed by atoms with E-state index in [9.17, 15) is 19.5 Å². The van der Waals surface area contributed by atoms with E-state index in [0.29, 0.717) is 5.56 Å². The molecule has 0 atom stereocenters. The first-order chi connectivity index (χ1) is 11.6. The number of likely N-dealkylation sites (tertiary alicyclic amines) is 1. The van der Waals surface area contributed by atoms with Crippen molar-refractivity contribution in [1.29, 1.82) is 0 Å². The average molecular weight is 348 g/mol. The van der Waals surface area contributed by atoms with Gasteiger partial charge in [0.2, 0.25) is 0 Å². The molecule has 2 rings (SSSR count). The summed E-state index contributed by atoms with van der Waals surface area (Å²) in [5.41, 5.74) is -1.57. The van der Waals surface area contributed by atoms with Crippen LogP contribution in [0, 0.1) is 0 Å². The van der Waals surface area contributed by atoms with Gasteiger partial charge in [0, 0.05) is 18.7 Å². The second-order valence-electron chi connectivity index (χ2n) is 7.17. The lowest BCUT2D eigenvalue weighted by molar-refractivity contribution is -0.146. The van der Waals surface area contributed by atoms with Crippen molar-refractivity contribution in [2.24, 2.45) is 0 Å². The molecule has 1 aromatic carbocycles. The molecule has 1 aliphatic rings. The van der Waals surface area contributed by atoms with Gasteiger partial charge < -0.3 is 20.1 Å². The van der Waals surface area contributed by atoms with Crippen molar-refractivity contribution >= 4 is 18.0 Å². The Kier molecular flexibility index (Phi) is 5.35. The summed E-state index contributed by atoms with van der Waals surface area (Å²) in [6.45, 7) is 5.62. The second-order valence-corrected chi connectivity index (χ2v) is 7.17. The Bertz CT molecular complexity index is 643. The molecule has 1 heterocycles. The molecule has 1 saturated heterocycles. The SMILES string of the molecule is CC(C)(C)OC(=O)NC1(C(=O)O)CCN(C(=O)c2ccccc2)CC1. The molecule has 0 unspecified atom stereocenters. The number of piperidine rings is 1. The number of hydrogen-bond acceptors (Lipinski definition) is 4. The highest BCUT2D eigenvalue weighted by Gasteiger charge is 2.44. The fraction of sp³-hybridized carbons (Fsp3) is 0.500. The molecule has 7 nitrogen and oxygen atoms in total. The van der Waals surface area contributed by atoms with Crippen molar-refractivity contribution < 1.29 is 24.2 Å². The zero-order chi connectivity index (χ0) is 18.7. The van der Waals surface area contributed by atoms with Gasteiger partial charge in [0.25, 0.3) is 5.91 Å². The Morgan fingerprint density at radius 2 is 1.68 bits per heavy atom. The molecule has 2 N–H and O–H groups in total. The van der Waals surface area contributed by atoms with Crippen LogP contribution in [0.25, 0.3) is 0 Å². The van der Waals surface area contributed by atoms with Crippen LogP contribution in [-0.2, 0) is 9.53 Å². The number of carbonyl (C=O) groups excluding carboxylic acids is 2. The lowest BCUT2D eigenvalue weighted by atomic mass is 9.87. The molecule has 7 heteroatoms. The van der Waals surface area contributed by atoms with Crippen LogP contribution in [0.5, 0.6) is 0 Å². The predicted octanol–water partition coefficient (Wildman–Crippen LogP) is 2.27. The van der Waals surface area contributed by atoms with Gasteiger partial charge in [0.05, 0.1) is 0 Å². The van der Waals surface area contributed by atoms with E-state index in [1.807, 2.05) is 6.07 Å². The number of nitrogens with one attached hydrogen (secondary N) is 1. The number of nitrogens with zero attached hydrogens (tertiary/aromatic N) is 1. The Morgan fingerprint density at radius 1 is 1.12 bits per heavy atom. The van der Waals surface area contributed by atoms with Crippen molar-refractivity contribution in [3.8, 4) is 0 Å². The summed E-state index contributed by atoms with van der Waals surface area (Å²) in [6.07, 6.45) is -0.516. The molecule has 0 radical (unpaired) electrons. The minimum Gasteiger partial charge on any atom is -0.480 e. The summed E-state index contributed by atoms with van der Waals surface area (Å²) in [5, 5.41) is 12.1. The van der Waals surface area contributed by atoms with Crippen molar-refractivity contribution in [3.05, 3.63) is 35.9 Å². The lowest BCUT2D eigenvalue weighted by Gasteiger charge is -2.39. The third-order valence-electron chi connectivity index (χ3n) is 4.07. The quantitative estimate of drug-likeness (QED) is 0.873. The minimum absolute atomic E-state index is 0.125. The maximum Gasteiger partial charge on any atom is 0.408 e. The van der Waals surface area contributed by atoms with Gasteiger partial charge in [0.1, 0.15) is 11.1 Å². The van der Waals surface area contributed by atoms with E-state index in [-0.39, 0.29) is 31.8 Å². The van der Waals surface area contributed by atoms with Crippen LogP contribution in [-0.4, -0.2) is 52.2 Å². The Morgan fingerprint density at radius 3 is 2.16 bits per heavy atom. The average Bonchev–Trinajstić information content (AvgIpc) is 2.53. The summed E-state index contributed by atoms with van der Waals surface area (Å²) in [7, 11) is 0. The normalized spacial score (nSPS) is 16.8.